The van der Waals surface area contributed by atoms with Crippen LogP contribution in [0.5, 0.6) is 0 Å². The third kappa shape index (κ3) is 3.72. The van der Waals surface area contributed by atoms with Crippen molar-refractivity contribution in [2.75, 3.05) is 0 Å². The molecule has 21 heavy (non-hydrogen) atoms. The Hall–Kier alpha value is -1.63. The van der Waals surface area contributed by atoms with Crippen LogP contribution in [-0.2, 0) is 6.42 Å². The average molecular weight is 284 g/mol. The molecule has 0 saturated heterocycles. The van der Waals surface area contributed by atoms with Crippen molar-refractivity contribution in [2.24, 2.45) is 5.92 Å². The summed E-state index contributed by atoms with van der Waals surface area (Å²) in [6.07, 6.45) is 0.789. The predicted molar refractivity (Wildman–Crippen MR) is 89.2 cm³/mol. The zero-order valence-corrected chi connectivity index (χ0v) is 13.7. The van der Waals surface area contributed by atoms with Crippen LogP contribution < -0.4 is 0 Å². The minimum Gasteiger partial charge on any atom is -0.207 e. The monoisotopic (exact) mass is 284 g/mol. The zero-order valence-electron chi connectivity index (χ0n) is 13.7. The van der Waals surface area contributed by atoms with E-state index in [2.05, 4.69) is 58.9 Å². The van der Waals surface area contributed by atoms with E-state index in [1.54, 1.807) is 6.07 Å². The van der Waals surface area contributed by atoms with Gasteiger partial charge in [0.25, 0.3) is 0 Å². The molecule has 0 aliphatic rings. The van der Waals surface area contributed by atoms with Gasteiger partial charge in [-0.25, -0.2) is 4.39 Å². The second-order valence-corrected chi connectivity index (χ2v) is 6.65. The van der Waals surface area contributed by atoms with Crippen LogP contribution >= 0.6 is 0 Å². The van der Waals surface area contributed by atoms with Crippen molar-refractivity contribution < 1.29 is 4.39 Å². The van der Waals surface area contributed by atoms with Crippen LogP contribution in [0.25, 0.3) is 11.1 Å². The van der Waals surface area contributed by atoms with E-state index < -0.39 is 0 Å². The summed E-state index contributed by atoms with van der Waals surface area (Å²) in [7, 11) is 0. The van der Waals surface area contributed by atoms with E-state index in [1.165, 1.54) is 11.1 Å². The fraction of sp³-hybridized carbons (Fsp3) is 0.400. The highest BCUT2D eigenvalue weighted by atomic mass is 19.1. The lowest BCUT2D eigenvalue weighted by Crippen LogP contribution is -1.99. The Balaban J connectivity index is 2.47. The van der Waals surface area contributed by atoms with Crippen LogP contribution in [0.2, 0.25) is 0 Å². The molecule has 2 aromatic rings. The highest BCUT2D eigenvalue weighted by Gasteiger charge is 2.12. The first-order valence-corrected chi connectivity index (χ1v) is 7.77. The van der Waals surface area contributed by atoms with Crippen molar-refractivity contribution in [1.82, 2.24) is 0 Å². The van der Waals surface area contributed by atoms with E-state index in [1.807, 2.05) is 6.07 Å². The lowest BCUT2D eigenvalue weighted by Gasteiger charge is -2.15. The molecule has 0 aliphatic carbocycles. The standard InChI is InChI=1S/C20H25F/c1-13(2)10-17-8-7-16(12-20(17)21)19-11-15(5)6-9-18(19)14(3)4/h6-9,11-14H,10H2,1-5H3. The first-order chi connectivity index (χ1) is 9.88. The molecule has 0 saturated carbocycles. The van der Waals surface area contributed by atoms with E-state index in [4.69, 9.17) is 0 Å². The number of aryl methyl sites for hydroxylation is 1. The summed E-state index contributed by atoms with van der Waals surface area (Å²) in [5, 5.41) is 0. The molecule has 112 valence electrons. The van der Waals surface area contributed by atoms with E-state index in [0.717, 1.165) is 23.1 Å². The summed E-state index contributed by atoms with van der Waals surface area (Å²) in [4.78, 5) is 0. The lowest BCUT2D eigenvalue weighted by atomic mass is 9.90. The van der Waals surface area contributed by atoms with Crippen molar-refractivity contribution in [3.63, 3.8) is 0 Å². The summed E-state index contributed by atoms with van der Waals surface area (Å²) in [5.74, 6) is 0.812. The molecule has 0 bridgehead atoms. The van der Waals surface area contributed by atoms with Crippen LogP contribution in [0.1, 0.15) is 50.3 Å². The largest absolute Gasteiger partial charge is 0.207 e. The second-order valence-electron chi connectivity index (χ2n) is 6.65. The van der Waals surface area contributed by atoms with Gasteiger partial charge >= 0.3 is 0 Å². The third-order valence-corrected chi connectivity index (χ3v) is 3.82. The quantitative estimate of drug-likeness (QED) is 0.634. The summed E-state index contributed by atoms with van der Waals surface area (Å²) in [5.41, 5.74) is 5.43. The number of hydrogen-bond acceptors (Lipinski definition) is 0. The number of rotatable bonds is 4. The van der Waals surface area contributed by atoms with Crippen LogP contribution in [-0.4, -0.2) is 0 Å². The normalized spacial score (nSPS) is 11.4. The van der Waals surface area contributed by atoms with Gasteiger partial charge in [-0.15, -0.1) is 0 Å². The minimum atomic E-state index is -0.0857. The Morgan fingerprint density at radius 2 is 1.67 bits per heavy atom. The Morgan fingerprint density at radius 1 is 0.952 bits per heavy atom. The maximum absolute atomic E-state index is 14.3. The summed E-state index contributed by atoms with van der Waals surface area (Å²) in [6, 6.07) is 12.1. The van der Waals surface area contributed by atoms with Gasteiger partial charge in [-0.05, 0) is 53.5 Å². The van der Waals surface area contributed by atoms with E-state index in [-0.39, 0.29) is 5.82 Å². The van der Waals surface area contributed by atoms with Crippen molar-refractivity contribution in [3.8, 4) is 11.1 Å². The fourth-order valence-corrected chi connectivity index (χ4v) is 2.74. The maximum atomic E-state index is 14.3. The van der Waals surface area contributed by atoms with Gasteiger partial charge in [0.15, 0.2) is 0 Å². The van der Waals surface area contributed by atoms with Gasteiger partial charge in [0.1, 0.15) is 5.82 Å². The second kappa shape index (κ2) is 6.43. The molecule has 2 aromatic carbocycles. The molecule has 0 unspecified atom stereocenters. The molecule has 0 radical (unpaired) electrons. The van der Waals surface area contributed by atoms with E-state index in [0.29, 0.717) is 11.8 Å². The average Bonchev–Trinajstić information content (AvgIpc) is 2.40. The SMILES string of the molecule is Cc1ccc(C(C)C)c(-c2ccc(CC(C)C)c(F)c2)c1. The molecule has 0 fully saturated rings. The number of halogens is 1. The van der Waals surface area contributed by atoms with Gasteiger partial charge in [-0.1, -0.05) is 63.6 Å². The van der Waals surface area contributed by atoms with E-state index >= 15 is 0 Å². The van der Waals surface area contributed by atoms with Gasteiger partial charge in [0, 0.05) is 0 Å². The highest BCUT2D eigenvalue weighted by Crippen LogP contribution is 2.31. The molecular formula is C20H25F. The molecule has 2 rings (SSSR count). The maximum Gasteiger partial charge on any atom is 0.127 e. The molecule has 0 heterocycles. The van der Waals surface area contributed by atoms with E-state index in [9.17, 15) is 4.39 Å². The lowest BCUT2D eigenvalue weighted by molar-refractivity contribution is 0.574. The molecule has 0 atom stereocenters. The zero-order chi connectivity index (χ0) is 15.6. The predicted octanol–water partition coefficient (Wildman–Crippen LogP) is 6.12. The topological polar surface area (TPSA) is 0 Å². The van der Waals surface area contributed by atoms with Gasteiger partial charge < -0.3 is 0 Å². The number of benzene rings is 2. The molecule has 0 amide bonds. The summed E-state index contributed by atoms with van der Waals surface area (Å²) >= 11 is 0. The van der Waals surface area contributed by atoms with Crippen LogP contribution in [0.15, 0.2) is 36.4 Å². The van der Waals surface area contributed by atoms with Gasteiger partial charge in [-0.3, -0.25) is 0 Å². The molecule has 0 N–H and O–H groups in total. The van der Waals surface area contributed by atoms with Crippen molar-refractivity contribution >= 4 is 0 Å². The highest BCUT2D eigenvalue weighted by molar-refractivity contribution is 5.69. The Labute approximate surface area is 128 Å². The van der Waals surface area contributed by atoms with Crippen LogP contribution in [0.4, 0.5) is 4.39 Å². The van der Waals surface area contributed by atoms with Crippen LogP contribution in [0, 0.1) is 18.7 Å². The first-order valence-electron chi connectivity index (χ1n) is 7.77. The van der Waals surface area contributed by atoms with Gasteiger partial charge in [0.2, 0.25) is 0 Å². The molecule has 1 heteroatoms. The molecule has 0 spiro atoms. The van der Waals surface area contributed by atoms with Crippen LogP contribution in [0.3, 0.4) is 0 Å². The smallest absolute Gasteiger partial charge is 0.127 e. The molecule has 0 nitrogen and oxygen atoms in total. The van der Waals surface area contributed by atoms with Crippen molar-refractivity contribution in [2.45, 2.75) is 47.0 Å². The molecule has 0 aromatic heterocycles. The Morgan fingerprint density at radius 3 is 2.24 bits per heavy atom. The Kier molecular flexibility index (Phi) is 4.82. The number of hydrogen-bond donors (Lipinski definition) is 0. The minimum absolute atomic E-state index is 0.0857. The van der Waals surface area contributed by atoms with Crippen molar-refractivity contribution in [3.05, 3.63) is 58.9 Å². The van der Waals surface area contributed by atoms with Gasteiger partial charge in [0.05, 0.1) is 0 Å². The summed E-state index contributed by atoms with van der Waals surface area (Å²) < 4.78 is 14.3. The fourth-order valence-electron chi connectivity index (χ4n) is 2.74. The third-order valence-electron chi connectivity index (χ3n) is 3.82. The molecule has 0 aliphatic heterocycles. The first kappa shape index (κ1) is 15.8. The van der Waals surface area contributed by atoms with Gasteiger partial charge in [-0.2, -0.15) is 0 Å². The van der Waals surface area contributed by atoms with Crippen molar-refractivity contribution in [1.29, 1.82) is 0 Å². The Bertz CT molecular complexity index is 624. The molecular weight excluding hydrogens is 259 g/mol. The summed E-state index contributed by atoms with van der Waals surface area (Å²) in [6.45, 7) is 10.7.